The summed E-state index contributed by atoms with van der Waals surface area (Å²) in [6, 6.07) is -1.24. The maximum absolute atomic E-state index is 11.8. The van der Waals surface area contributed by atoms with Crippen LogP contribution in [0.3, 0.4) is 0 Å². The Bertz CT molecular complexity index is 538. The van der Waals surface area contributed by atoms with Crippen molar-refractivity contribution in [2.45, 2.75) is 18.5 Å². The van der Waals surface area contributed by atoms with Crippen LogP contribution in [0.25, 0.3) is 0 Å². The Morgan fingerprint density at radius 2 is 2.25 bits per heavy atom. The molecule has 1 aliphatic rings. The molecule has 0 saturated carbocycles. The van der Waals surface area contributed by atoms with Gasteiger partial charge < -0.3 is 21.5 Å². The van der Waals surface area contributed by atoms with Gasteiger partial charge in [-0.05, 0) is 0 Å². The third-order valence-corrected chi connectivity index (χ3v) is 2.89. The van der Waals surface area contributed by atoms with Gasteiger partial charge in [-0.3, -0.25) is 9.59 Å². The number of carboxylic acid groups (broad SMARTS) is 1. The van der Waals surface area contributed by atoms with Crippen molar-refractivity contribution in [3.63, 3.8) is 0 Å². The topological polar surface area (TPSA) is 152 Å². The van der Waals surface area contributed by atoms with Gasteiger partial charge in [0.05, 0.1) is 18.7 Å². The molecule has 1 aromatic rings. The molecule has 0 aliphatic carbocycles. The number of nitrogens with zero attached hydrogens (tertiary/aromatic N) is 3. The molecule has 0 bridgehead atoms. The van der Waals surface area contributed by atoms with Gasteiger partial charge in [-0.2, -0.15) is 0 Å². The molecule has 2 rings (SSSR count). The third-order valence-electron chi connectivity index (χ3n) is 2.89. The lowest BCUT2D eigenvalue weighted by atomic mass is 10.2. The molecule has 108 valence electrons. The van der Waals surface area contributed by atoms with Crippen LogP contribution in [0, 0.1) is 0 Å². The molecule has 10 heteroatoms. The van der Waals surface area contributed by atoms with E-state index in [-0.39, 0.29) is 11.7 Å². The van der Waals surface area contributed by atoms with E-state index >= 15 is 0 Å². The summed E-state index contributed by atoms with van der Waals surface area (Å²) in [6.45, 7) is 1.48. The van der Waals surface area contributed by atoms with Crippen LogP contribution >= 0.6 is 0 Å². The molecular formula is C10H14N6O4. The van der Waals surface area contributed by atoms with Crippen molar-refractivity contribution in [1.82, 2.24) is 25.6 Å². The Balaban J connectivity index is 2.00. The molecule has 0 unspecified atom stereocenters. The van der Waals surface area contributed by atoms with Gasteiger partial charge in [0.2, 0.25) is 5.91 Å². The fourth-order valence-corrected chi connectivity index (χ4v) is 1.65. The first kappa shape index (κ1) is 13.9. The fourth-order valence-electron chi connectivity index (χ4n) is 1.65. The number of hydrogen-bond donors (Lipinski definition) is 4. The number of hydrogen-bond acceptors (Lipinski definition) is 6. The third kappa shape index (κ3) is 3.09. The minimum atomic E-state index is -1.38. The minimum absolute atomic E-state index is 0.00683. The molecule has 1 aliphatic heterocycles. The van der Waals surface area contributed by atoms with Crippen molar-refractivity contribution in [3.05, 3.63) is 11.9 Å². The van der Waals surface area contributed by atoms with E-state index in [9.17, 15) is 14.4 Å². The number of carbonyl (C=O) groups excluding carboxylic acids is 2. The van der Waals surface area contributed by atoms with E-state index in [1.165, 1.54) is 10.9 Å². The Hall–Kier alpha value is -2.49. The average Bonchev–Trinajstić information content (AvgIpc) is 2.74. The Kier molecular flexibility index (Phi) is 3.94. The zero-order chi connectivity index (χ0) is 14.7. The fraction of sp³-hybridized carbons (Fsp3) is 0.500. The highest BCUT2D eigenvalue weighted by Crippen LogP contribution is 2.09. The monoisotopic (exact) mass is 282 g/mol. The molecule has 1 fully saturated rings. The van der Waals surface area contributed by atoms with Crippen LogP contribution in [0.2, 0.25) is 0 Å². The van der Waals surface area contributed by atoms with Crippen LogP contribution in [-0.4, -0.2) is 57.0 Å². The normalized spacial score (nSPS) is 16.2. The number of nitrogens with one attached hydrogen (secondary N) is 2. The van der Waals surface area contributed by atoms with Gasteiger partial charge in [0, 0.05) is 13.1 Å². The Morgan fingerprint density at radius 3 is 2.75 bits per heavy atom. The number of nitrogens with two attached hydrogens (primary N) is 1. The molecule has 2 amide bonds. The first-order valence-corrected chi connectivity index (χ1v) is 5.92. The maximum atomic E-state index is 11.8. The number of aromatic nitrogens is 3. The molecule has 0 radical (unpaired) electrons. The highest BCUT2D eigenvalue weighted by atomic mass is 16.4. The van der Waals surface area contributed by atoms with E-state index in [4.69, 9.17) is 10.8 Å². The highest BCUT2D eigenvalue weighted by molar-refractivity contribution is 5.95. The summed E-state index contributed by atoms with van der Waals surface area (Å²) >= 11 is 0. The van der Waals surface area contributed by atoms with Gasteiger partial charge in [0.15, 0.2) is 5.69 Å². The molecule has 0 aromatic carbocycles. The standard InChI is InChI=1S/C10H14N6O4/c11-8(17)1-6(10(19)20)13-9(18)7-4-16(15-14-7)5-2-12-3-5/h4-6,12H,1-3H2,(H2,11,17)(H,13,18)(H,19,20)/t6-/m1/s1. The summed E-state index contributed by atoms with van der Waals surface area (Å²) in [5.74, 6) is -2.87. The zero-order valence-electron chi connectivity index (χ0n) is 10.4. The first-order chi connectivity index (χ1) is 9.47. The largest absolute Gasteiger partial charge is 0.480 e. The molecule has 1 saturated heterocycles. The van der Waals surface area contributed by atoms with E-state index in [0.29, 0.717) is 0 Å². The van der Waals surface area contributed by atoms with Crippen molar-refractivity contribution < 1.29 is 19.5 Å². The molecule has 1 atom stereocenters. The average molecular weight is 282 g/mol. The molecule has 2 heterocycles. The van der Waals surface area contributed by atoms with Gasteiger partial charge in [0.25, 0.3) is 5.91 Å². The molecule has 1 aromatic heterocycles. The summed E-state index contributed by atoms with van der Waals surface area (Å²) < 4.78 is 1.54. The number of primary amides is 1. The molecule has 10 nitrogen and oxygen atoms in total. The van der Waals surface area contributed by atoms with E-state index in [2.05, 4.69) is 20.9 Å². The number of rotatable bonds is 6. The van der Waals surface area contributed by atoms with Crippen molar-refractivity contribution in [2.75, 3.05) is 13.1 Å². The molecule has 5 N–H and O–H groups in total. The summed E-state index contributed by atoms with van der Waals surface area (Å²) in [5.41, 5.74) is 4.92. The number of carbonyl (C=O) groups is 3. The SMILES string of the molecule is NC(=O)C[C@@H](NC(=O)c1cn(C2CNC2)nn1)C(=O)O. The van der Waals surface area contributed by atoms with Crippen LogP contribution in [-0.2, 0) is 9.59 Å². The van der Waals surface area contributed by atoms with Crippen LogP contribution in [0.1, 0.15) is 23.0 Å². The quantitative estimate of drug-likeness (QED) is 0.449. The number of carboxylic acids is 1. The second kappa shape index (κ2) is 5.65. The van der Waals surface area contributed by atoms with Crippen molar-refractivity contribution in [2.24, 2.45) is 5.73 Å². The lowest BCUT2D eigenvalue weighted by molar-refractivity contribution is -0.140. The highest BCUT2D eigenvalue weighted by Gasteiger charge is 2.25. The molecular weight excluding hydrogens is 268 g/mol. The van der Waals surface area contributed by atoms with E-state index in [1.54, 1.807) is 0 Å². The van der Waals surface area contributed by atoms with E-state index in [1.807, 2.05) is 0 Å². The summed E-state index contributed by atoms with van der Waals surface area (Å²) in [7, 11) is 0. The first-order valence-electron chi connectivity index (χ1n) is 5.92. The van der Waals surface area contributed by atoms with E-state index < -0.39 is 30.2 Å². The summed E-state index contributed by atoms with van der Waals surface area (Å²) in [5, 5.41) is 21.6. The smallest absolute Gasteiger partial charge is 0.326 e. The molecule has 20 heavy (non-hydrogen) atoms. The second-order valence-corrected chi connectivity index (χ2v) is 4.43. The molecule has 0 spiro atoms. The van der Waals surface area contributed by atoms with Crippen molar-refractivity contribution in [1.29, 1.82) is 0 Å². The predicted octanol–water partition coefficient (Wildman–Crippen LogP) is -2.52. The van der Waals surface area contributed by atoms with Crippen molar-refractivity contribution in [3.8, 4) is 0 Å². The lowest BCUT2D eigenvalue weighted by Gasteiger charge is -2.26. The zero-order valence-corrected chi connectivity index (χ0v) is 10.4. The predicted molar refractivity (Wildman–Crippen MR) is 64.6 cm³/mol. The Labute approximate surface area is 113 Å². The van der Waals surface area contributed by atoms with Crippen LogP contribution in [0.5, 0.6) is 0 Å². The van der Waals surface area contributed by atoms with Crippen molar-refractivity contribution >= 4 is 17.8 Å². The minimum Gasteiger partial charge on any atom is -0.480 e. The second-order valence-electron chi connectivity index (χ2n) is 4.43. The summed E-state index contributed by atoms with van der Waals surface area (Å²) in [6.07, 6.45) is 0.950. The van der Waals surface area contributed by atoms with Gasteiger partial charge in [-0.15, -0.1) is 5.10 Å². The van der Waals surface area contributed by atoms with E-state index in [0.717, 1.165) is 13.1 Å². The maximum Gasteiger partial charge on any atom is 0.326 e. The van der Waals surface area contributed by atoms with Crippen LogP contribution in [0.4, 0.5) is 0 Å². The van der Waals surface area contributed by atoms with Gasteiger partial charge >= 0.3 is 5.97 Å². The number of amides is 2. The van der Waals surface area contributed by atoms with Crippen LogP contribution in [0.15, 0.2) is 6.20 Å². The van der Waals surface area contributed by atoms with Crippen LogP contribution < -0.4 is 16.4 Å². The number of aliphatic carboxylic acids is 1. The summed E-state index contributed by atoms with van der Waals surface area (Å²) in [4.78, 5) is 33.5. The Morgan fingerprint density at radius 1 is 1.55 bits per heavy atom. The van der Waals surface area contributed by atoms with Gasteiger partial charge in [-0.1, -0.05) is 5.21 Å². The van der Waals surface area contributed by atoms with Gasteiger partial charge in [-0.25, -0.2) is 9.48 Å². The lowest BCUT2D eigenvalue weighted by Crippen LogP contribution is -2.44. The van der Waals surface area contributed by atoms with Gasteiger partial charge in [0.1, 0.15) is 6.04 Å².